The Bertz CT molecular complexity index is 1040. The highest BCUT2D eigenvalue weighted by molar-refractivity contribution is 7.10. The quantitative estimate of drug-likeness (QED) is 0.511. The van der Waals surface area contributed by atoms with Crippen LogP contribution >= 0.6 is 11.3 Å². The zero-order valence-corrected chi connectivity index (χ0v) is 18.9. The molecule has 5 nitrogen and oxygen atoms in total. The molecular formula is C25H27FN2O3S. The summed E-state index contributed by atoms with van der Waals surface area (Å²) < 4.78 is 19.3. The van der Waals surface area contributed by atoms with E-state index in [-0.39, 0.29) is 36.6 Å². The topological polar surface area (TPSA) is 62.6 Å². The molecule has 2 amide bonds. The standard InChI is InChI=1S/C25H27FN2O3S/c1-17-8-13-22(31-17)24(25(30)27-20-5-2-3-6-20)28(16-18-9-11-19(26)12-10-18)23(29)15-21-7-4-14-32-21/h4,7-14,20,24H,2-3,5-6,15-16H2,1H3,(H,27,30)/t24-/m1/s1. The number of aryl methyl sites for hydroxylation is 1. The van der Waals surface area contributed by atoms with Gasteiger partial charge in [-0.25, -0.2) is 4.39 Å². The molecule has 0 spiro atoms. The van der Waals surface area contributed by atoms with Crippen LogP contribution in [0.1, 0.15) is 53.7 Å². The van der Waals surface area contributed by atoms with Crippen molar-refractivity contribution in [1.29, 1.82) is 0 Å². The van der Waals surface area contributed by atoms with Crippen molar-refractivity contribution < 1.29 is 18.4 Å². The van der Waals surface area contributed by atoms with Gasteiger partial charge in [-0.2, -0.15) is 0 Å². The predicted octanol–water partition coefficient (Wildman–Crippen LogP) is 5.16. The van der Waals surface area contributed by atoms with E-state index in [0.29, 0.717) is 11.5 Å². The number of amides is 2. The van der Waals surface area contributed by atoms with E-state index in [2.05, 4.69) is 5.32 Å². The lowest BCUT2D eigenvalue weighted by atomic mass is 10.1. The number of thiophene rings is 1. The van der Waals surface area contributed by atoms with Gasteiger partial charge in [-0.05, 0) is 61.0 Å². The summed E-state index contributed by atoms with van der Waals surface area (Å²) in [4.78, 5) is 29.4. The second-order valence-corrected chi connectivity index (χ2v) is 9.28. The van der Waals surface area contributed by atoms with E-state index in [0.717, 1.165) is 36.1 Å². The van der Waals surface area contributed by atoms with Gasteiger partial charge in [0.25, 0.3) is 5.91 Å². The monoisotopic (exact) mass is 454 g/mol. The third-order valence-corrected chi connectivity index (χ3v) is 6.66. The summed E-state index contributed by atoms with van der Waals surface area (Å²) in [7, 11) is 0. The average Bonchev–Trinajstić information content (AvgIpc) is 3.53. The molecule has 168 valence electrons. The van der Waals surface area contributed by atoms with Crippen LogP contribution in [0.4, 0.5) is 4.39 Å². The number of nitrogens with zero attached hydrogens (tertiary/aromatic N) is 1. The normalized spacial score (nSPS) is 14.9. The Morgan fingerprint density at radius 2 is 1.91 bits per heavy atom. The fraction of sp³-hybridized carbons (Fsp3) is 0.360. The predicted molar refractivity (Wildman–Crippen MR) is 122 cm³/mol. The van der Waals surface area contributed by atoms with Crippen molar-refractivity contribution in [3.05, 3.63) is 81.7 Å². The molecule has 32 heavy (non-hydrogen) atoms. The van der Waals surface area contributed by atoms with Crippen molar-refractivity contribution in [1.82, 2.24) is 10.2 Å². The lowest BCUT2D eigenvalue weighted by Crippen LogP contribution is -2.46. The molecule has 1 aliphatic carbocycles. The molecule has 1 fully saturated rings. The molecule has 1 N–H and O–H groups in total. The Labute approximate surface area is 191 Å². The molecule has 0 aliphatic heterocycles. The first-order chi connectivity index (χ1) is 15.5. The fourth-order valence-electron chi connectivity index (χ4n) is 4.15. The Morgan fingerprint density at radius 3 is 2.53 bits per heavy atom. The minimum atomic E-state index is -0.901. The molecule has 0 unspecified atom stereocenters. The molecule has 7 heteroatoms. The number of benzene rings is 1. The Hall–Kier alpha value is -2.93. The van der Waals surface area contributed by atoms with Gasteiger partial charge in [0, 0.05) is 17.5 Å². The van der Waals surface area contributed by atoms with Crippen LogP contribution < -0.4 is 5.32 Å². The summed E-state index contributed by atoms with van der Waals surface area (Å²) in [6.07, 6.45) is 4.25. The number of furan rings is 1. The molecule has 0 bridgehead atoms. The van der Waals surface area contributed by atoms with Gasteiger partial charge in [-0.1, -0.05) is 31.0 Å². The summed E-state index contributed by atoms with van der Waals surface area (Å²) in [5, 5.41) is 5.05. The number of rotatable bonds is 8. The Morgan fingerprint density at radius 1 is 1.16 bits per heavy atom. The van der Waals surface area contributed by atoms with Crippen molar-refractivity contribution >= 4 is 23.2 Å². The number of carbonyl (C=O) groups is 2. The van der Waals surface area contributed by atoms with Gasteiger partial charge in [0.1, 0.15) is 17.3 Å². The van der Waals surface area contributed by atoms with E-state index in [1.165, 1.54) is 23.5 Å². The van der Waals surface area contributed by atoms with E-state index >= 15 is 0 Å². The smallest absolute Gasteiger partial charge is 0.250 e. The van der Waals surface area contributed by atoms with Crippen LogP contribution in [0.5, 0.6) is 0 Å². The molecule has 0 radical (unpaired) electrons. The first kappa shape index (κ1) is 22.3. The molecule has 1 aliphatic rings. The van der Waals surface area contributed by atoms with Crippen molar-refractivity contribution in [3.8, 4) is 0 Å². The highest BCUT2D eigenvalue weighted by Crippen LogP contribution is 2.28. The van der Waals surface area contributed by atoms with Crippen LogP contribution in [-0.4, -0.2) is 22.8 Å². The molecule has 0 saturated heterocycles. The van der Waals surface area contributed by atoms with Crippen LogP contribution in [0.25, 0.3) is 0 Å². The molecule has 1 saturated carbocycles. The third-order valence-electron chi connectivity index (χ3n) is 5.78. The largest absolute Gasteiger partial charge is 0.464 e. The number of nitrogens with one attached hydrogen (secondary N) is 1. The first-order valence-electron chi connectivity index (χ1n) is 10.9. The number of hydrogen-bond donors (Lipinski definition) is 1. The highest BCUT2D eigenvalue weighted by Gasteiger charge is 2.35. The van der Waals surface area contributed by atoms with Crippen LogP contribution in [0, 0.1) is 12.7 Å². The van der Waals surface area contributed by atoms with Gasteiger partial charge < -0.3 is 14.6 Å². The van der Waals surface area contributed by atoms with E-state index in [9.17, 15) is 14.0 Å². The lowest BCUT2D eigenvalue weighted by Gasteiger charge is -2.31. The maximum atomic E-state index is 13.5. The molecule has 1 atom stereocenters. The van der Waals surface area contributed by atoms with Crippen LogP contribution in [0.15, 0.2) is 58.3 Å². The van der Waals surface area contributed by atoms with Gasteiger partial charge in [-0.3, -0.25) is 9.59 Å². The molecule has 4 rings (SSSR count). The molecule has 3 aromatic rings. The van der Waals surface area contributed by atoms with Crippen LogP contribution in [0.2, 0.25) is 0 Å². The molecular weight excluding hydrogens is 427 g/mol. The number of carbonyl (C=O) groups excluding carboxylic acids is 2. The highest BCUT2D eigenvalue weighted by atomic mass is 32.1. The summed E-state index contributed by atoms with van der Waals surface area (Å²) in [6, 6.07) is 12.6. The van der Waals surface area contributed by atoms with Gasteiger partial charge in [0.15, 0.2) is 6.04 Å². The Kier molecular flexibility index (Phi) is 7.05. The van der Waals surface area contributed by atoms with Crippen LogP contribution in [0.3, 0.4) is 0 Å². The molecule has 1 aromatic carbocycles. The van der Waals surface area contributed by atoms with Gasteiger partial charge in [-0.15, -0.1) is 11.3 Å². The average molecular weight is 455 g/mol. The van der Waals surface area contributed by atoms with E-state index < -0.39 is 6.04 Å². The summed E-state index contributed by atoms with van der Waals surface area (Å²) in [6.45, 7) is 1.99. The summed E-state index contributed by atoms with van der Waals surface area (Å²) >= 11 is 1.50. The maximum Gasteiger partial charge on any atom is 0.250 e. The second kappa shape index (κ2) is 10.1. The maximum absolute atomic E-state index is 13.5. The van der Waals surface area contributed by atoms with Crippen molar-refractivity contribution in [2.75, 3.05) is 0 Å². The number of hydrogen-bond acceptors (Lipinski definition) is 4. The first-order valence-corrected chi connectivity index (χ1v) is 11.8. The SMILES string of the molecule is Cc1ccc([C@H](C(=O)NC2CCCC2)N(Cc2ccc(F)cc2)C(=O)Cc2cccs2)o1. The third kappa shape index (κ3) is 5.46. The van der Waals surface area contributed by atoms with Crippen LogP contribution in [-0.2, 0) is 22.6 Å². The molecule has 2 aromatic heterocycles. The minimum absolute atomic E-state index is 0.112. The van der Waals surface area contributed by atoms with Gasteiger partial charge in [0.2, 0.25) is 5.91 Å². The van der Waals surface area contributed by atoms with E-state index in [1.807, 2.05) is 24.4 Å². The summed E-state index contributed by atoms with van der Waals surface area (Å²) in [5.41, 5.74) is 0.743. The van der Waals surface area contributed by atoms with Crippen molar-refractivity contribution in [3.63, 3.8) is 0 Å². The lowest BCUT2D eigenvalue weighted by molar-refractivity contribution is -0.142. The second-order valence-electron chi connectivity index (χ2n) is 8.25. The van der Waals surface area contributed by atoms with Crippen molar-refractivity contribution in [2.45, 2.75) is 57.7 Å². The molecule has 2 heterocycles. The Balaban J connectivity index is 1.67. The summed E-state index contributed by atoms with van der Waals surface area (Å²) in [5.74, 6) is 0.332. The van der Waals surface area contributed by atoms with E-state index in [4.69, 9.17) is 4.42 Å². The number of halogens is 1. The van der Waals surface area contributed by atoms with Gasteiger partial charge >= 0.3 is 0 Å². The zero-order valence-electron chi connectivity index (χ0n) is 18.1. The fourth-order valence-corrected chi connectivity index (χ4v) is 4.84. The minimum Gasteiger partial charge on any atom is -0.464 e. The van der Waals surface area contributed by atoms with E-state index in [1.54, 1.807) is 29.2 Å². The zero-order chi connectivity index (χ0) is 22.5. The van der Waals surface area contributed by atoms with Crippen molar-refractivity contribution in [2.24, 2.45) is 0 Å². The van der Waals surface area contributed by atoms with Gasteiger partial charge in [0.05, 0.1) is 6.42 Å².